The molecule has 4 rings (SSSR count). The van der Waals surface area contributed by atoms with Crippen molar-refractivity contribution >= 4 is 17.0 Å². The van der Waals surface area contributed by atoms with Gasteiger partial charge in [0.15, 0.2) is 0 Å². The molecule has 0 unspecified atom stereocenters. The van der Waals surface area contributed by atoms with Crippen molar-refractivity contribution < 1.29 is 14.3 Å². The van der Waals surface area contributed by atoms with E-state index in [2.05, 4.69) is 27.7 Å². The van der Waals surface area contributed by atoms with E-state index < -0.39 is 0 Å². The molecule has 1 aromatic heterocycles. The number of esters is 1. The smallest absolute Gasteiger partial charge is 0.309 e. The summed E-state index contributed by atoms with van der Waals surface area (Å²) in [6.07, 6.45) is 1.67. The van der Waals surface area contributed by atoms with Gasteiger partial charge in [-0.05, 0) is 69.3 Å². The highest BCUT2D eigenvalue weighted by Gasteiger charge is 2.27. The zero-order valence-electron chi connectivity index (χ0n) is 17.0. The average Bonchev–Trinajstić information content (AvgIpc) is 3.12. The second-order valence-electron chi connectivity index (χ2n) is 7.35. The van der Waals surface area contributed by atoms with Crippen LogP contribution in [-0.2, 0) is 16.1 Å². The highest BCUT2D eigenvalue weighted by Crippen LogP contribution is 2.26. The van der Waals surface area contributed by atoms with Crippen molar-refractivity contribution in [2.45, 2.75) is 26.3 Å². The molecular weight excluding hydrogens is 366 g/mol. The maximum atomic E-state index is 12.0. The lowest BCUT2D eigenvalue weighted by molar-refractivity contribution is -0.149. The van der Waals surface area contributed by atoms with E-state index in [1.165, 1.54) is 0 Å². The molecule has 3 aromatic rings. The van der Waals surface area contributed by atoms with Gasteiger partial charge in [0.1, 0.15) is 11.6 Å². The fourth-order valence-electron chi connectivity index (χ4n) is 3.99. The molecule has 2 aromatic carbocycles. The van der Waals surface area contributed by atoms with Crippen LogP contribution in [0.2, 0.25) is 0 Å². The van der Waals surface area contributed by atoms with Gasteiger partial charge in [0, 0.05) is 5.69 Å². The van der Waals surface area contributed by atoms with Crippen LogP contribution in [-0.4, -0.2) is 47.2 Å². The van der Waals surface area contributed by atoms with Gasteiger partial charge in [0.25, 0.3) is 0 Å². The van der Waals surface area contributed by atoms with Crippen LogP contribution in [0.3, 0.4) is 0 Å². The highest BCUT2D eigenvalue weighted by atomic mass is 16.5. The van der Waals surface area contributed by atoms with Crippen molar-refractivity contribution in [3.05, 3.63) is 54.4 Å². The number of hydrogen-bond donors (Lipinski definition) is 0. The normalized spacial score (nSPS) is 15.5. The Morgan fingerprint density at radius 2 is 1.83 bits per heavy atom. The maximum absolute atomic E-state index is 12.0. The number of fused-ring (bicyclic) bond motifs is 1. The monoisotopic (exact) mass is 393 g/mol. The van der Waals surface area contributed by atoms with E-state index in [1.54, 1.807) is 7.11 Å². The number of piperidine rings is 1. The van der Waals surface area contributed by atoms with Crippen molar-refractivity contribution in [2.24, 2.45) is 5.92 Å². The third kappa shape index (κ3) is 4.12. The Balaban J connectivity index is 1.57. The number of aromatic nitrogens is 2. The first-order valence-corrected chi connectivity index (χ1v) is 10.2. The third-order valence-electron chi connectivity index (χ3n) is 5.53. The van der Waals surface area contributed by atoms with Gasteiger partial charge in [-0.25, -0.2) is 4.98 Å². The quantitative estimate of drug-likeness (QED) is 0.596. The molecule has 1 fully saturated rings. The van der Waals surface area contributed by atoms with Crippen molar-refractivity contribution in [1.29, 1.82) is 0 Å². The van der Waals surface area contributed by atoms with Crippen LogP contribution in [0.4, 0.5) is 0 Å². The van der Waals surface area contributed by atoms with Crippen LogP contribution in [0, 0.1) is 5.92 Å². The van der Waals surface area contributed by atoms with Crippen LogP contribution in [0.1, 0.15) is 25.6 Å². The molecule has 6 heteroatoms. The summed E-state index contributed by atoms with van der Waals surface area (Å²) < 4.78 is 12.7. The van der Waals surface area contributed by atoms with E-state index in [9.17, 15) is 4.79 Å². The van der Waals surface area contributed by atoms with E-state index in [1.807, 2.05) is 37.3 Å². The molecule has 6 nitrogen and oxygen atoms in total. The van der Waals surface area contributed by atoms with Crippen LogP contribution < -0.4 is 4.74 Å². The van der Waals surface area contributed by atoms with Gasteiger partial charge in [-0.1, -0.05) is 12.1 Å². The Labute approximate surface area is 171 Å². The number of para-hydroxylation sites is 2. The predicted octanol–water partition coefficient (Wildman–Crippen LogP) is 3.81. The summed E-state index contributed by atoms with van der Waals surface area (Å²) >= 11 is 0. The number of carbonyl (C=O) groups excluding carboxylic acids is 1. The Kier molecular flexibility index (Phi) is 5.81. The van der Waals surface area contributed by atoms with Gasteiger partial charge >= 0.3 is 5.97 Å². The van der Waals surface area contributed by atoms with E-state index >= 15 is 0 Å². The average molecular weight is 393 g/mol. The maximum Gasteiger partial charge on any atom is 0.309 e. The number of carbonyl (C=O) groups is 1. The lowest BCUT2D eigenvalue weighted by atomic mass is 9.97. The van der Waals surface area contributed by atoms with Crippen LogP contribution in [0.15, 0.2) is 48.5 Å². The largest absolute Gasteiger partial charge is 0.497 e. The van der Waals surface area contributed by atoms with Crippen molar-refractivity contribution in [3.8, 4) is 11.4 Å². The highest BCUT2D eigenvalue weighted by molar-refractivity contribution is 5.78. The van der Waals surface area contributed by atoms with Gasteiger partial charge in [0.2, 0.25) is 0 Å². The second kappa shape index (κ2) is 8.66. The Bertz CT molecular complexity index is 973. The van der Waals surface area contributed by atoms with E-state index in [0.29, 0.717) is 6.61 Å². The molecule has 0 radical (unpaired) electrons. The van der Waals surface area contributed by atoms with Crippen LogP contribution >= 0.6 is 0 Å². The number of likely N-dealkylation sites (tertiary alicyclic amines) is 1. The zero-order chi connectivity index (χ0) is 20.2. The minimum atomic E-state index is -0.0578. The first kappa shape index (κ1) is 19.5. The summed E-state index contributed by atoms with van der Waals surface area (Å²) in [5.41, 5.74) is 3.14. The standard InChI is InChI=1S/C23H27N3O3/c1-3-29-23(27)17-12-14-25(15-13-17)16-22-24-20-6-4-5-7-21(20)26(22)18-8-10-19(28-2)11-9-18/h4-11,17H,3,12-16H2,1-2H3. The number of imidazole rings is 1. The van der Waals surface area contributed by atoms with E-state index in [-0.39, 0.29) is 11.9 Å². The molecule has 1 saturated heterocycles. The fourth-order valence-corrected chi connectivity index (χ4v) is 3.99. The molecule has 0 saturated carbocycles. The summed E-state index contributed by atoms with van der Waals surface area (Å²) in [6.45, 7) is 4.79. The molecule has 0 spiro atoms. The van der Waals surface area contributed by atoms with Crippen molar-refractivity contribution in [3.63, 3.8) is 0 Å². The molecule has 1 aliphatic rings. The molecule has 1 aliphatic heterocycles. The van der Waals surface area contributed by atoms with Crippen LogP contribution in [0.25, 0.3) is 16.7 Å². The van der Waals surface area contributed by atoms with E-state index in [4.69, 9.17) is 14.5 Å². The molecule has 0 aliphatic carbocycles. The predicted molar refractivity (Wildman–Crippen MR) is 112 cm³/mol. The summed E-state index contributed by atoms with van der Waals surface area (Å²) in [5.74, 6) is 1.80. The molecular formula is C23H27N3O3. The van der Waals surface area contributed by atoms with Gasteiger partial charge in [-0.3, -0.25) is 14.3 Å². The van der Waals surface area contributed by atoms with Gasteiger partial charge in [0.05, 0.1) is 37.2 Å². The van der Waals surface area contributed by atoms with Crippen molar-refractivity contribution in [2.75, 3.05) is 26.8 Å². The first-order valence-electron chi connectivity index (χ1n) is 10.2. The molecule has 0 N–H and O–H groups in total. The topological polar surface area (TPSA) is 56.6 Å². The molecule has 152 valence electrons. The zero-order valence-corrected chi connectivity index (χ0v) is 17.0. The summed E-state index contributed by atoms with van der Waals surface area (Å²) in [5, 5.41) is 0. The van der Waals surface area contributed by atoms with Gasteiger partial charge in [-0.2, -0.15) is 0 Å². The second-order valence-corrected chi connectivity index (χ2v) is 7.35. The van der Waals surface area contributed by atoms with Crippen LogP contribution in [0.5, 0.6) is 5.75 Å². The summed E-state index contributed by atoms with van der Waals surface area (Å²) in [4.78, 5) is 19.3. The summed E-state index contributed by atoms with van der Waals surface area (Å²) in [6, 6.07) is 16.3. The first-order chi connectivity index (χ1) is 14.2. The molecule has 29 heavy (non-hydrogen) atoms. The lowest BCUT2D eigenvalue weighted by Crippen LogP contribution is -2.37. The number of benzene rings is 2. The van der Waals surface area contributed by atoms with Crippen molar-refractivity contribution in [1.82, 2.24) is 14.5 Å². The molecule has 0 atom stereocenters. The minimum Gasteiger partial charge on any atom is -0.497 e. The Hall–Kier alpha value is -2.86. The van der Waals surface area contributed by atoms with E-state index in [0.717, 1.165) is 60.8 Å². The number of nitrogens with zero attached hydrogens (tertiary/aromatic N) is 3. The Morgan fingerprint density at radius 3 is 2.52 bits per heavy atom. The number of hydrogen-bond acceptors (Lipinski definition) is 5. The molecule has 0 amide bonds. The number of ether oxygens (including phenoxy) is 2. The fraction of sp³-hybridized carbons (Fsp3) is 0.391. The molecule has 0 bridgehead atoms. The SMILES string of the molecule is CCOC(=O)C1CCN(Cc2nc3ccccc3n2-c2ccc(OC)cc2)CC1. The Morgan fingerprint density at radius 1 is 1.10 bits per heavy atom. The summed E-state index contributed by atoms with van der Waals surface area (Å²) in [7, 11) is 1.67. The lowest BCUT2D eigenvalue weighted by Gasteiger charge is -2.30. The third-order valence-corrected chi connectivity index (χ3v) is 5.53. The molecule has 2 heterocycles. The minimum absolute atomic E-state index is 0.0200. The number of rotatable bonds is 6. The van der Waals surface area contributed by atoms with Gasteiger partial charge < -0.3 is 9.47 Å². The number of methoxy groups -OCH3 is 1. The van der Waals surface area contributed by atoms with Gasteiger partial charge in [-0.15, -0.1) is 0 Å².